The van der Waals surface area contributed by atoms with Gasteiger partial charge in [-0.3, -0.25) is 4.79 Å². The van der Waals surface area contributed by atoms with Crippen LogP contribution in [0.15, 0.2) is 11.8 Å². The largest absolute Gasteiger partial charge is 0.480 e. The number of rotatable bonds is 7. The number of nitriles is 1. The number of fused-ring (bicyclic) bond motifs is 1. The molecule has 1 fully saturated rings. The summed E-state index contributed by atoms with van der Waals surface area (Å²) in [5, 5.41) is 17.5. The molecule has 0 bridgehead atoms. The maximum atomic E-state index is 14.0. The molecule has 188 valence electrons. The molecule has 0 N–H and O–H groups in total. The predicted octanol–water partition coefficient (Wildman–Crippen LogP) is 4.30. The average molecular weight is 492 g/mol. The van der Waals surface area contributed by atoms with Crippen molar-refractivity contribution in [3.63, 3.8) is 0 Å². The number of ketones is 1. The Morgan fingerprint density at radius 2 is 2.06 bits per heavy atom. The van der Waals surface area contributed by atoms with E-state index in [1.165, 1.54) is 0 Å². The lowest BCUT2D eigenvalue weighted by molar-refractivity contribution is -0.127. The molecule has 0 radical (unpaired) electrons. The first-order chi connectivity index (χ1) is 16.7. The van der Waals surface area contributed by atoms with Crippen molar-refractivity contribution in [1.82, 2.24) is 19.3 Å². The summed E-state index contributed by atoms with van der Waals surface area (Å²) >= 11 is 0. The zero-order valence-electron chi connectivity index (χ0n) is 19.8. The number of ether oxygens (including phenoxy) is 2. The molecule has 35 heavy (non-hydrogen) atoms. The van der Waals surface area contributed by atoms with Crippen LogP contribution in [0.1, 0.15) is 65.5 Å². The molecule has 0 saturated carbocycles. The van der Waals surface area contributed by atoms with E-state index in [2.05, 4.69) is 10.2 Å². The zero-order chi connectivity index (χ0) is 25.2. The normalized spacial score (nSPS) is 19.0. The first-order valence-corrected chi connectivity index (χ1v) is 11.8. The van der Waals surface area contributed by atoms with Crippen molar-refractivity contribution >= 4 is 11.4 Å². The van der Waals surface area contributed by atoms with E-state index in [9.17, 15) is 23.2 Å². The molecule has 0 spiro atoms. The molecule has 0 amide bonds. The number of Topliss-reactive ketones (excluding diaryl/α,β-unsaturated/α-hetero) is 1. The first kappa shape index (κ1) is 25.0. The van der Waals surface area contributed by atoms with Gasteiger partial charge in [-0.05, 0) is 45.6 Å². The molecule has 2 aromatic rings. The van der Waals surface area contributed by atoms with Gasteiger partial charge < -0.3 is 18.6 Å². The van der Waals surface area contributed by atoms with E-state index in [1.807, 2.05) is 11.5 Å². The standard InChI is InChI=1S/C24H28F3N5O3/c1-15-11-18(16(2)32(15)13-17-7-6-10-34-17)20(33)14-35-22(24(25,26)27)19(12-28)23-30-29-21-8-4-3-5-9-31(21)23/h11,17H,3-10,13-14H2,1-2H3/b22-19+. The second-order valence-corrected chi connectivity index (χ2v) is 8.96. The molecular formula is C24H28F3N5O3. The first-order valence-electron chi connectivity index (χ1n) is 11.8. The molecule has 2 aromatic heterocycles. The Kier molecular flexibility index (Phi) is 7.31. The van der Waals surface area contributed by atoms with Crippen molar-refractivity contribution in [2.45, 2.75) is 77.7 Å². The van der Waals surface area contributed by atoms with Crippen LogP contribution >= 0.6 is 0 Å². The lowest BCUT2D eigenvalue weighted by Crippen LogP contribution is -2.22. The number of carbonyl (C=O) groups is 1. The SMILES string of the molecule is Cc1cc(C(=O)CO/C(=C(\C#N)c2nnc3n2CCCCC3)C(F)(F)F)c(C)n1CC1CCCO1. The van der Waals surface area contributed by atoms with Crippen molar-refractivity contribution in [2.24, 2.45) is 0 Å². The Labute approximate surface area is 201 Å². The summed E-state index contributed by atoms with van der Waals surface area (Å²) in [5.74, 6) is -1.77. The minimum absolute atomic E-state index is 0.0511. The van der Waals surface area contributed by atoms with Gasteiger partial charge in [0, 0.05) is 43.1 Å². The Morgan fingerprint density at radius 3 is 2.74 bits per heavy atom. The number of alkyl halides is 3. The van der Waals surface area contributed by atoms with Crippen LogP contribution in [0.4, 0.5) is 13.2 Å². The summed E-state index contributed by atoms with van der Waals surface area (Å²) in [6.45, 7) is 4.44. The molecule has 2 aliphatic rings. The molecule has 4 heterocycles. The van der Waals surface area contributed by atoms with Crippen LogP contribution < -0.4 is 0 Å². The second kappa shape index (κ2) is 10.2. The topological polar surface area (TPSA) is 95.0 Å². The van der Waals surface area contributed by atoms with Crippen LogP contribution in [0.25, 0.3) is 5.57 Å². The van der Waals surface area contributed by atoms with Gasteiger partial charge in [-0.2, -0.15) is 18.4 Å². The maximum absolute atomic E-state index is 14.0. The van der Waals surface area contributed by atoms with Gasteiger partial charge in [-0.15, -0.1) is 10.2 Å². The number of hydrogen-bond acceptors (Lipinski definition) is 6. The van der Waals surface area contributed by atoms with Crippen molar-refractivity contribution in [3.05, 3.63) is 40.4 Å². The number of hydrogen-bond donors (Lipinski definition) is 0. The van der Waals surface area contributed by atoms with Gasteiger partial charge in [0.05, 0.1) is 6.10 Å². The summed E-state index contributed by atoms with van der Waals surface area (Å²) in [6, 6.07) is 3.24. The Morgan fingerprint density at radius 1 is 1.26 bits per heavy atom. The Balaban J connectivity index is 1.59. The lowest BCUT2D eigenvalue weighted by atomic mass is 10.1. The number of halogens is 3. The summed E-state index contributed by atoms with van der Waals surface area (Å²) in [5.41, 5.74) is 0.982. The Bertz CT molecular complexity index is 1170. The fourth-order valence-corrected chi connectivity index (χ4v) is 4.74. The monoisotopic (exact) mass is 491 g/mol. The average Bonchev–Trinajstić information content (AvgIpc) is 3.48. The molecule has 4 rings (SSSR count). The van der Waals surface area contributed by atoms with E-state index in [-0.39, 0.29) is 17.5 Å². The zero-order valence-corrected chi connectivity index (χ0v) is 19.8. The van der Waals surface area contributed by atoms with E-state index in [4.69, 9.17) is 9.47 Å². The molecule has 1 atom stereocenters. The third kappa shape index (κ3) is 5.27. The third-order valence-corrected chi connectivity index (χ3v) is 6.56. The second-order valence-electron chi connectivity index (χ2n) is 8.96. The number of aromatic nitrogens is 4. The van der Waals surface area contributed by atoms with Crippen LogP contribution in [-0.4, -0.2) is 50.6 Å². The van der Waals surface area contributed by atoms with Gasteiger partial charge in [0.25, 0.3) is 0 Å². The predicted molar refractivity (Wildman–Crippen MR) is 119 cm³/mol. The van der Waals surface area contributed by atoms with E-state index in [0.29, 0.717) is 37.6 Å². The molecule has 0 aliphatic carbocycles. The molecular weight excluding hydrogens is 463 g/mol. The highest BCUT2D eigenvalue weighted by molar-refractivity contribution is 5.98. The minimum atomic E-state index is -4.99. The van der Waals surface area contributed by atoms with Gasteiger partial charge in [0.1, 0.15) is 17.5 Å². The van der Waals surface area contributed by atoms with Crippen molar-refractivity contribution in [3.8, 4) is 6.07 Å². The molecule has 1 saturated heterocycles. The summed E-state index contributed by atoms with van der Waals surface area (Å²) < 4.78 is 56.1. The number of aryl methyl sites for hydroxylation is 2. The molecule has 1 unspecified atom stereocenters. The van der Waals surface area contributed by atoms with Crippen LogP contribution in [-0.2, 0) is 29.0 Å². The van der Waals surface area contributed by atoms with Crippen LogP contribution in [0, 0.1) is 25.2 Å². The number of allylic oxidation sites excluding steroid dienone is 2. The summed E-state index contributed by atoms with van der Waals surface area (Å²) in [6.07, 6.45) is 0.0592. The smallest absolute Gasteiger partial charge is 0.450 e. The van der Waals surface area contributed by atoms with Gasteiger partial charge in [0.15, 0.2) is 12.4 Å². The lowest BCUT2D eigenvalue weighted by Gasteiger charge is -2.16. The molecule has 8 nitrogen and oxygen atoms in total. The van der Waals surface area contributed by atoms with Gasteiger partial charge >= 0.3 is 6.18 Å². The molecule has 2 aliphatic heterocycles. The van der Waals surface area contributed by atoms with Gasteiger partial charge in [-0.25, -0.2) is 0 Å². The van der Waals surface area contributed by atoms with E-state index >= 15 is 0 Å². The van der Waals surface area contributed by atoms with E-state index < -0.39 is 29.9 Å². The summed E-state index contributed by atoms with van der Waals surface area (Å²) in [7, 11) is 0. The fourth-order valence-electron chi connectivity index (χ4n) is 4.74. The van der Waals surface area contributed by atoms with Crippen molar-refractivity contribution in [2.75, 3.05) is 13.2 Å². The highest BCUT2D eigenvalue weighted by atomic mass is 19.4. The van der Waals surface area contributed by atoms with Gasteiger partial charge in [-0.1, -0.05) is 6.42 Å². The van der Waals surface area contributed by atoms with E-state index in [1.54, 1.807) is 23.6 Å². The highest BCUT2D eigenvalue weighted by Crippen LogP contribution is 2.34. The number of nitrogens with zero attached hydrogens (tertiary/aromatic N) is 5. The van der Waals surface area contributed by atoms with Gasteiger partial charge in [0.2, 0.25) is 11.5 Å². The van der Waals surface area contributed by atoms with Crippen LogP contribution in [0.5, 0.6) is 0 Å². The van der Waals surface area contributed by atoms with Crippen LogP contribution in [0.2, 0.25) is 0 Å². The molecule has 11 heteroatoms. The summed E-state index contributed by atoms with van der Waals surface area (Å²) in [4.78, 5) is 12.9. The van der Waals surface area contributed by atoms with Crippen LogP contribution in [0.3, 0.4) is 0 Å². The highest BCUT2D eigenvalue weighted by Gasteiger charge is 2.41. The van der Waals surface area contributed by atoms with Crippen molar-refractivity contribution in [1.29, 1.82) is 5.26 Å². The quantitative estimate of drug-likeness (QED) is 0.326. The number of carbonyl (C=O) groups excluding carboxylic acids is 1. The fraction of sp³-hybridized carbons (Fsp3) is 0.583. The maximum Gasteiger partial charge on any atom is 0.450 e. The van der Waals surface area contributed by atoms with E-state index in [0.717, 1.165) is 37.8 Å². The Hall–Kier alpha value is -3.13. The van der Waals surface area contributed by atoms with Crippen molar-refractivity contribution < 1.29 is 27.4 Å². The third-order valence-electron chi connectivity index (χ3n) is 6.56. The minimum Gasteiger partial charge on any atom is -0.480 e. The molecule has 0 aromatic carbocycles.